The number of anilines is 1. The van der Waals surface area contributed by atoms with Crippen LogP contribution in [0.15, 0.2) is 71.9 Å². The number of aryl methyl sites for hydroxylation is 1. The highest BCUT2D eigenvalue weighted by molar-refractivity contribution is 6.31. The molecule has 0 aliphatic carbocycles. The van der Waals surface area contributed by atoms with Gasteiger partial charge < -0.3 is 14.3 Å². The van der Waals surface area contributed by atoms with Crippen molar-refractivity contribution in [2.24, 2.45) is 0 Å². The molecule has 1 amide bonds. The standard InChI is InChI=1S/C27H23ClN8O3/c1-2-39-27(38)31-19-6-3-16(4-7-19)22-14-29-26(32-22)24-10-8-20-11-17(12-25(37)36(20)24)21-13-18(28)5-9-23(21)35-15-30-33-34-35/h3-7,9,11-15,24H,2,8,10H2,1H3,(H,29,32)(H,31,38)/t24-/m0/s1. The maximum Gasteiger partial charge on any atom is 0.411 e. The molecule has 39 heavy (non-hydrogen) atoms. The number of aromatic nitrogens is 7. The van der Waals surface area contributed by atoms with Gasteiger partial charge in [0.15, 0.2) is 0 Å². The second-order valence-corrected chi connectivity index (χ2v) is 9.46. The van der Waals surface area contributed by atoms with Crippen LogP contribution in [0.4, 0.5) is 10.5 Å². The average molecular weight is 543 g/mol. The zero-order valence-corrected chi connectivity index (χ0v) is 21.6. The summed E-state index contributed by atoms with van der Waals surface area (Å²) in [6, 6.07) is 16.2. The first-order chi connectivity index (χ1) is 19.0. The number of amides is 1. The number of benzene rings is 2. The Morgan fingerprint density at radius 3 is 2.77 bits per heavy atom. The lowest BCUT2D eigenvalue weighted by molar-refractivity contribution is 0.168. The Bertz CT molecular complexity index is 1710. The van der Waals surface area contributed by atoms with E-state index in [2.05, 4.69) is 30.8 Å². The van der Waals surface area contributed by atoms with Gasteiger partial charge in [-0.3, -0.25) is 10.1 Å². The number of hydrogen-bond acceptors (Lipinski definition) is 7. The molecule has 1 atom stereocenters. The fourth-order valence-corrected chi connectivity index (χ4v) is 5.06. The van der Waals surface area contributed by atoms with Gasteiger partial charge in [0.1, 0.15) is 12.2 Å². The van der Waals surface area contributed by atoms with Gasteiger partial charge >= 0.3 is 6.09 Å². The number of pyridine rings is 1. The van der Waals surface area contributed by atoms with Gasteiger partial charge in [-0.05, 0) is 77.7 Å². The molecule has 4 heterocycles. The lowest BCUT2D eigenvalue weighted by Crippen LogP contribution is -2.23. The number of H-pyrrole nitrogens is 1. The van der Waals surface area contributed by atoms with Gasteiger partial charge in [0.25, 0.3) is 5.56 Å². The van der Waals surface area contributed by atoms with Crippen LogP contribution >= 0.6 is 11.6 Å². The fraction of sp³-hybridized carbons (Fsp3) is 0.185. The van der Waals surface area contributed by atoms with Crippen molar-refractivity contribution in [3.05, 3.63) is 94.0 Å². The summed E-state index contributed by atoms with van der Waals surface area (Å²) in [5.41, 5.74) is 5.37. The number of nitrogens with one attached hydrogen (secondary N) is 2. The number of carbonyl (C=O) groups is 1. The third-order valence-electron chi connectivity index (χ3n) is 6.63. The molecule has 0 saturated heterocycles. The van der Waals surface area contributed by atoms with Crippen molar-refractivity contribution in [3.63, 3.8) is 0 Å². The number of aromatic amines is 1. The summed E-state index contributed by atoms with van der Waals surface area (Å²) in [4.78, 5) is 33.0. The largest absolute Gasteiger partial charge is 0.450 e. The molecule has 2 aromatic carbocycles. The zero-order valence-electron chi connectivity index (χ0n) is 20.8. The number of tetrazole rings is 1. The van der Waals surface area contributed by atoms with Crippen LogP contribution in [0.1, 0.15) is 30.9 Å². The van der Waals surface area contributed by atoms with Crippen LogP contribution in [0, 0.1) is 0 Å². The number of ether oxygens (including phenoxy) is 1. The van der Waals surface area contributed by atoms with E-state index in [9.17, 15) is 9.59 Å². The molecule has 1 aliphatic heterocycles. The van der Waals surface area contributed by atoms with Crippen molar-refractivity contribution in [3.8, 4) is 28.1 Å². The van der Waals surface area contributed by atoms with Gasteiger partial charge in [0.05, 0.1) is 30.2 Å². The van der Waals surface area contributed by atoms with Gasteiger partial charge in [-0.2, -0.15) is 4.68 Å². The molecule has 1 aliphatic rings. The van der Waals surface area contributed by atoms with E-state index < -0.39 is 6.09 Å². The molecule has 0 unspecified atom stereocenters. The van der Waals surface area contributed by atoms with Gasteiger partial charge in [-0.15, -0.1) is 5.10 Å². The summed E-state index contributed by atoms with van der Waals surface area (Å²) in [5, 5.41) is 14.7. The van der Waals surface area contributed by atoms with Crippen LogP contribution in [-0.2, 0) is 11.2 Å². The van der Waals surface area contributed by atoms with E-state index in [1.165, 1.54) is 6.33 Å². The molecule has 0 spiro atoms. The van der Waals surface area contributed by atoms with Crippen LogP contribution in [-0.4, -0.2) is 47.4 Å². The molecule has 11 nitrogen and oxygen atoms in total. The van der Waals surface area contributed by atoms with Crippen molar-refractivity contribution < 1.29 is 9.53 Å². The SMILES string of the molecule is CCOC(=O)Nc1ccc(-c2cnc([C@@H]3CCc4cc(-c5cc(Cl)ccc5-n5cnnn5)cc(=O)n43)[nH]2)cc1. The molecule has 3 aromatic heterocycles. The third kappa shape index (κ3) is 4.79. The minimum absolute atomic E-state index is 0.125. The van der Waals surface area contributed by atoms with E-state index in [4.69, 9.17) is 16.3 Å². The van der Waals surface area contributed by atoms with E-state index in [0.717, 1.165) is 46.6 Å². The molecular formula is C27H23ClN8O3. The van der Waals surface area contributed by atoms with Crippen LogP contribution in [0.2, 0.25) is 5.02 Å². The Balaban J connectivity index is 1.28. The molecular weight excluding hydrogens is 520 g/mol. The first kappa shape index (κ1) is 24.6. The third-order valence-corrected chi connectivity index (χ3v) is 6.86. The van der Waals surface area contributed by atoms with Gasteiger partial charge in [0, 0.05) is 28.0 Å². The maximum absolute atomic E-state index is 13.4. The number of carbonyl (C=O) groups excluding carboxylic acids is 1. The van der Waals surface area contributed by atoms with E-state index in [1.54, 1.807) is 46.6 Å². The van der Waals surface area contributed by atoms with E-state index in [0.29, 0.717) is 23.1 Å². The van der Waals surface area contributed by atoms with Crippen molar-refractivity contribution in [2.45, 2.75) is 25.8 Å². The lowest BCUT2D eigenvalue weighted by atomic mass is 10.0. The average Bonchev–Trinajstić information content (AvgIpc) is 3.70. The van der Waals surface area contributed by atoms with Crippen LogP contribution < -0.4 is 10.9 Å². The van der Waals surface area contributed by atoms with Crippen molar-refractivity contribution in [1.29, 1.82) is 0 Å². The molecule has 5 aromatic rings. The molecule has 12 heteroatoms. The number of nitrogens with zero attached hydrogens (tertiary/aromatic N) is 6. The highest BCUT2D eigenvalue weighted by Crippen LogP contribution is 2.34. The number of hydrogen-bond donors (Lipinski definition) is 2. The Kier molecular flexibility index (Phi) is 6.41. The lowest BCUT2D eigenvalue weighted by Gasteiger charge is -2.15. The topological polar surface area (TPSA) is 133 Å². The smallest absolute Gasteiger partial charge is 0.411 e. The monoisotopic (exact) mass is 542 g/mol. The minimum Gasteiger partial charge on any atom is -0.450 e. The second-order valence-electron chi connectivity index (χ2n) is 9.02. The summed E-state index contributed by atoms with van der Waals surface area (Å²) in [5.74, 6) is 0.712. The van der Waals surface area contributed by atoms with E-state index in [-0.39, 0.29) is 11.6 Å². The summed E-state index contributed by atoms with van der Waals surface area (Å²) in [7, 11) is 0. The molecule has 0 saturated carbocycles. The highest BCUT2D eigenvalue weighted by atomic mass is 35.5. The first-order valence-electron chi connectivity index (χ1n) is 12.4. The Morgan fingerprint density at radius 1 is 1.15 bits per heavy atom. The number of halogens is 1. The zero-order chi connectivity index (χ0) is 26.9. The van der Waals surface area contributed by atoms with E-state index in [1.807, 2.05) is 30.3 Å². The van der Waals surface area contributed by atoms with E-state index >= 15 is 0 Å². The number of fused-ring (bicyclic) bond motifs is 1. The van der Waals surface area contributed by atoms with Crippen molar-refractivity contribution in [2.75, 3.05) is 11.9 Å². The Labute approximate surface area is 227 Å². The van der Waals surface area contributed by atoms with Gasteiger partial charge in [-0.1, -0.05) is 23.7 Å². The maximum atomic E-state index is 13.4. The summed E-state index contributed by atoms with van der Waals surface area (Å²) < 4.78 is 8.25. The molecule has 0 fully saturated rings. The molecule has 6 rings (SSSR count). The summed E-state index contributed by atoms with van der Waals surface area (Å²) in [6.45, 7) is 2.06. The Hall–Kier alpha value is -4.77. The molecule has 196 valence electrons. The molecule has 0 radical (unpaired) electrons. The van der Waals surface area contributed by atoms with Crippen LogP contribution in [0.3, 0.4) is 0 Å². The predicted molar refractivity (Wildman–Crippen MR) is 145 cm³/mol. The number of imidazole rings is 1. The van der Waals surface area contributed by atoms with Crippen molar-refractivity contribution in [1.82, 2.24) is 34.7 Å². The fourth-order valence-electron chi connectivity index (χ4n) is 4.89. The van der Waals surface area contributed by atoms with Crippen LogP contribution in [0.5, 0.6) is 0 Å². The Morgan fingerprint density at radius 2 is 2.00 bits per heavy atom. The normalized spacial score (nSPS) is 14.3. The second kappa shape index (κ2) is 10.2. The predicted octanol–water partition coefficient (Wildman–Crippen LogP) is 4.64. The minimum atomic E-state index is -0.496. The van der Waals surface area contributed by atoms with Gasteiger partial charge in [-0.25, -0.2) is 9.78 Å². The highest BCUT2D eigenvalue weighted by Gasteiger charge is 2.28. The molecule has 2 N–H and O–H groups in total. The number of rotatable bonds is 6. The summed E-state index contributed by atoms with van der Waals surface area (Å²) in [6.07, 6.45) is 4.22. The van der Waals surface area contributed by atoms with Crippen molar-refractivity contribution >= 4 is 23.4 Å². The quantitative estimate of drug-likeness (QED) is 0.319. The first-order valence-corrected chi connectivity index (χ1v) is 12.8. The van der Waals surface area contributed by atoms with Crippen LogP contribution in [0.25, 0.3) is 28.1 Å². The summed E-state index contributed by atoms with van der Waals surface area (Å²) >= 11 is 6.30. The molecule has 0 bridgehead atoms. The van der Waals surface area contributed by atoms with Gasteiger partial charge in [0.2, 0.25) is 0 Å².